The lowest BCUT2D eigenvalue weighted by Gasteiger charge is -2.30. The number of nitrogens with one attached hydrogen (secondary N) is 1. The third kappa shape index (κ3) is 2.71. The van der Waals surface area contributed by atoms with Crippen molar-refractivity contribution in [2.45, 2.75) is 6.10 Å². The largest absolute Gasteiger partial charge is 0.370 e. The third-order valence-electron chi connectivity index (χ3n) is 4.24. The minimum absolute atomic E-state index is 0.0714. The molecule has 0 spiro atoms. The van der Waals surface area contributed by atoms with E-state index in [0.29, 0.717) is 19.7 Å². The number of carbonyl (C=O) groups is 1. The van der Waals surface area contributed by atoms with E-state index in [1.54, 1.807) is 4.90 Å². The highest BCUT2D eigenvalue weighted by Gasteiger charge is 2.21. The second kappa shape index (κ2) is 5.85. The highest BCUT2D eigenvalue weighted by molar-refractivity contribution is 5.81. The fourth-order valence-electron chi connectivity index (χ4n) is 2.98. The molecule has 0 saturated carbocycles. The number of hydrogen-bond donors (Lipinski definition) is 1. The van der Waals surface area contributed by atoms with Gasteiger partial charge >= 0.3 is 0 Å². The Morgan fingerprint density at radius 2 is 2.22 bits per heavy atom. The number of aromatic nitrogens is 2. The number of morpholine rings is 1. The van der Waals surface area contributed by atoms with Crippen molar-refractivity contribution in [3.05, 3.63) is 54.4 Å². The average Bonchev–Trinajstić information content (AvgIpc) is 3.09. The number of carbonyl (C=O) groups excluding carboxylic acids is 1. The van der Waals surface area contributed by atoms with Crippen LogP contribution < -0.4 is 0 Å². The summed E-state index contributed by atoms with van der Waals surface area (Å²) in [5.74, 6) is 0. The Morgan fingerprint density at radius 1 is 1.26 bits per heavy atom. The monoisotopic (exact) mass is 307 g/mol. The number of nitrogens with zero attached hydrogens (tertiary/aromatic N) is 2. The van der Waals surface area contributed by atoms with Crippen LogP contribution in [-0.4, -0.2) is 41.0 Å². The smallest absolute Gasteiger partial charge is 0.209 e. The summed E-state index contributed by atoms with van der Waals surface area (Å²) in [6, 6.07) is 12.4. The van der Waals surface area contributed by atoms with Crippen molar-refractivity contribution in [2.75, 3.05) is 19.7 Å². The maximum atomic E-state index is 11.0. The fraction of sp³-hybridized carbons (Fsp3) is 0.222. The van der Waals surface area contributed by atoms with Crippen LogP contribution in [0.4, 0.5) is 0 Å². The van der Waals surface area contributed by atoms with E-state index in [1.807, 2.05) is 30.6 Å². The summed E-state index contributed by atoms with van der Waals surface area (Å²) < 4.78 is 5.82. The van der Waals surface area contributed by atoms with Gasteiger partial charge in [0.2, 0.25) is 6.41 Å². The Morgan fingerprint density at radius 3 is 3.13 bits per heavy atom. The van der Waals surface area contributed by atoms with Gasteiger partial charge in [-0.2, -0.15) is 0 Å². The summed E-state index contributed by atoms with van der Waals surface area (Å²) in [5, 5.41) is 1.09. The van der Waals surface area contributed by atoms with E-state index in [-0.39, 0.29) is 6.10 Å². The highest BCUT2D eigenvalue weighted by atomic mass is 16.5. The first-order valence-corrected chi connectivity index (χ1v) is 7.68. The van der Waals surface area contributed by atoms with Gasteiger partial charge < -0.3 is 14.6 Å². The topological polar surface area (TPSA) is 58.2 Å². The van der Waals surface area contributed by atoms with Gasteiger partial charge in [0.25, 0.3) is 0 Å². The molecule has 0 aliphatic carbocycles. The van der Waals surface area contributed by atoms with Crippen LogP contribution in [0.3, 0.4) is 0 Å². The van der Waals surface area contributed by atoms with Crippen LogP contribution in [0.15, 0.2) is 48.8 Å². The zero-order valence-electron chi connectivity index (χ0n) is 12.6. The van der Waals surface area contributed by atoms with E-state index in [4.69, 9.17) is 4.74 Å². The molecule has 0 bridgehead atoms. The molecule has 1 unspecified atom stereocenters. The zero-order valence-corrected chi connectivity index (χ0v) is 12.6. The quantitative estimate of drug-likeness (QED) is 0.757. The van der Waals surface area contributed by atoms with E-state index in [1.165, 1.54) is 0 Å². The first-order chi connectivity index (χ1) is 11.3. The number of amides is 1. The number of ether oxygens (including phenoxy) is 1. The maximum Gasteiger partial charge on any atom is 0.209 e. The molecule has 5 heteroatoms. The van der Waals surface area contributed by atoms with Gasteiger partial charge in [0.05, 0.1) is 13.2 Å². The lowest BCUT2D eigenvalue weighted by Crippen LogP contribution is -2.37. The summed E-state index contributed by atoms with van der Waals surface area (Å²) in [7, 11) is 0. The van der Waals surface area contributed by atoms with Gasteiger partial charge in [-0.15, -0.1) is 0 Å². The van der Waals surface area contributed by atoms with Gasteiger partial charge in [-0.25, -0.2) is 4.98 Å². The molecule has 23 heavy (non-hydrogen) atoms. The second-order valence-corrected chi connectivity index (χ2v) is 5.72. The number of hydrogen-bond acceptors (Lipinski definition) is 3. The van der Waals surface area contributed by atoms with E-state index >= 15 is 0 Å². The summed E-state index contributed by atoms with van der Waals surface area (Å²) in [6.07, 6.45) is 4.58. The number of fused-ring (bicyclic) bond motifs is 1. The van der Waals surface area contributed by atoms with Gasteiger partial charge in [0.15, 0.2) is 0 Å². The predicted octanol–water partition coefficient (Wildman–Crippen LogP) is 2.76. The lowest BCUT2D eigenvalue weighted by atomic mass is 10.0. The van der Waals surface area contributed by atoms with Gasteiger partial charge in [0.1, 0.15) is 11.8 Å². The van der Waals surface area contributed by atoms with Crippen LogP contribution in [0.25, 0.3) is 22.2 Å². The van der Waals surface area contributed by atoms with E-state index in [0.717, 1.165) is 34.1 Å². The number of H-pyrrole nitrogens is 1. The van der Waals surface area contributed by atoms with Crippen molar-refractivity contribution in [2.24, 2.45) is 0 Å². The minimum atomic E-state index is -0.0714. The minimum Gasteiger partial charge on any atom is -0.370 e. The molecule has 3 aromatic rings. The molecule has 1 amide bonds. The summed E-state index contributed by atoms with van der Waals surface area (Å²) in [5.41, 5.74) is 4.15. The number of aromatic amines is 1. The first-order valence-electron chi connectivity index (χ1n) is 7.68. The van der Waals surface area contributed by atoms with Crippen LogP contribution in [0.1, 0.15) is 11.7 Å². The molecule has 1 atom stereocenters. The number of benzene rings is 1. The summed E-state index contributed by atoms with van der Waals surface area (Å²) in [6.45, 7) is 1.83. The lowest BCUT2D eigenvalue weighted by molar-refractivity contribution is -0.125. The SMILES string of the molecule is O=CN1CCOC(c2cccc(-c3cnc4[nH]ccc4c3)c2)C1. The Labute approximate surface area is 133 Å². The Kier molecular flexibility index (Phi) is 3.55. The molecule has 1 N–H and O–H groups in total. The van der Waals surface area contributed by atoms with E-state index in [2.05, 4.69) is 28.2 Å². The van der Waals surface area contributed by atoms with Crippen LogP contribution >= 0.6 is 0 Å². The normalized spacial score (nSPS) is 18.3. The molecule has 1 aromatic carbocycles. The number of rotatable bonds is 3. The molecule has 5 nitrogen and oxygen atoms in total. The molecule has 4 rings (SSSR count). The fourth-order valence-corrected chi connectivity index (χ4v) is 2.98. The van der Waals surface area contributed by atoms with Gasteiger partial charge in [0, 0.05) is 29.9 Å². The molecule has 1 aliphatic heterocycles. The second-order valence-electron chi connectivity index (χ2n) is 5.72. The Bertz CT molecular complexity index is 843. The third-order valence-corrected chi connectivity index (χ3v) is 4.24. The van der Waals surface area contributed by atoms with Gasteiger partial charge in [-0.3, -0.25) is 4.79 Å². The summed E-state index contributed by atoms with van der Waals surface area (Å²) in [4.78, 5) is 20.3. The maximum absolute atomic E-state index is 11.0. The van der Waals surface area contributed by atoms with Gasteiger partial charge in [-0.1, -0.05) is 18.2 Å². The van der Waals surface area contributed by atoms with Crippen LogP contribution in [0.2, 0.25) is 0 Å². The zero-order chi connectivity index (χ0) is 15.6. The molecular formula is C18H17N3O2. The van der Waals surface area contributed by atoms with Crippen molar-refractivity contribution in [3.8, 4) is 11.1 Å². The van der Waals surface area contributed by atoms with E-state index in [9.17, 15) is 4.79 Å². The molecule has 116 valence electrons. The predicted molar refractivity (Wildman–Crippen MR) is 87.9 cm³/mol. The van der Waals surface area contributed by atoms with Crippen LogP contribution in [-0.2, 0) is 9.53 Å². The number of pyridine rings is 1. The molecule has 1 aliphatic rings. The van der Waals surface area contributed by atoms with Crippen molar-refractivity contribution in [1.29, 1.82) is 0 Å². The standard InChI is InChI=1S/C18H17N3O2/c22-12-21-6-7-23-17(11-21)14-3-1-2-13(8-14)16-9-15-4-5-19-18(15)20-10-16/h1-5,8-10,12,17H,6-7,11H2,(H,19,20). The van der Waals surface area contributed by atoms with Crippen molar-refractivity contribution in [3.63, 3.8) is 0 Å². The molecule has 0 radical (unpaired) electrons. The van der Waals surface area contributed by atoms with Crippen molar-refractivity contribution >= 4 is 17.4 Å². The van der Waals surface area contributed by atoms with Gasteiger partial charge in [-0.05, 0) is 29.3 Å². The molecule has 3 heterocycles. The Hall–Kier alpha value is -2.66. The van der Waals surface area contributed by atoms with Crippen molar-refractivity contribution < 1.29 is 9.53 Å². The van der Waals surface area contributed by atoms with Crippen molar-refractivity contribution in [1.82, 2.24) is 14.9 Å². The highest BCUT2D eigenvalue weighted by Crippen LogP contribution is 2.28. The molecule has 1 saturated heterocycles. The molecule has 2 aromatic heterocycles. The first kappa shape index (κ1) is 14.0. The van der Waals surface area contributed by atoms with Crippen LogP contribution in [0, 0.1) is 0 Å². The Balaban J connectivity index is 1.66. The molecular weight excluding hydrogens is 290 g/mol. The van der Waals surface area contributed by atoms with E-state index < -0.39 is 0 Å². The molecule has 1 fully saturated rings. The van der Waals surface area contributed by atoms with Crippen LogP contribution in [0.5, 0.6) is 0 Å². The average molecular weight is 307 g/mol. The summed E-state index contributed by atoms with van der Waals surface area (Å²) >= 11 is 0.